The van der Waals surface area contributed by atoms with Crippen LogP contribution in [0.3, 0.4) is 0 Å². The summed E-state index contributed by atoms with van der Waals surface area (Å²) in [5.41, 5.74) is 0. The molecule has 7 heavy (non-hydrogen) atoms. The van der Waals surface area contributed by atoms with Gasteiger partial charge in [-0.15, -0.1) is 0 Å². The van der Waals surface area contributed by atoms with Crippen LogP contribution in [-0.4, -0.2) is 24.8 Å². The molecule has 0 rings (SSSR count). The van der Waals surface area contributed by atoms with Crippen LogP contribution in [0, 0.1) is 0 Å². The monoisotopic (exact) mass is 118 g/mol. The summed E-state index contributed by atoms with van der Waals surface area (Å²) < 4.78 is 3.62. The van der Waals surface area contributed by atoms with Crippen LogP contribution in [0.1, 0.15) is 6.92 Å². The SMILES string of the molecule is CC(=NS)N(C)C. The second-order valence-electron chi connectivity index (χ2n) is 1.54. The Morgan fingerprint density at radius 2 is 2.00 bits per heavy atom. The Bertz CT molecular complexity index is 77.8. The first-order valence-corrected chi connectivity index (χ1v) is 2.44. The summed E-state index contributed by atoms with van der Waals surface area (Å²) in [6.45, 7) is 1.90. The minimum absolute atomic E-state index is 0.920. The molecule has 0 N–H and O–H groups in total. The van der Waals surface area contributed by atoms with E-state index in [0.29, 0.717) is 0 Å². The number of nitrogens with zero attached hydrogens (tertiary/aromatic N) is 2. The second-order valence-corrected chi connectivity index (χ2v) is 1.74. The van der Waals surface area contributed by atoms with Crippen molar-refractivity contribution in [2.24, 2.45) is 4.40 Å². The maximum Gasteiger partial charge on any atom is 0.109 e. The Balaban J connectivity index is 3.56. The zero-order chi connectivity index (χ0) is 5.86. The topological polar surface area (TPSA) is 15.6 Å². The van der Waals surface area contributed by atoms with Crippen LogP contribution < -0.4 is 0 Å². The van der Waals surface area contributed by atoms with Gasteiger partial charge in [-0.1, -0.05) is 0 Å². The van der Waals surface area contributed by atoms with Crippen LogP contribution in [0.5, 0.6) is 0 Å². The highest BCUT2D eigenvalue weighted by Crippen LogP contribution is 1.83. The van der Waals surface area contributed by atoms with Crippen molar-refractivity contribution >= 4 is 18.7 Å². The minimum atomic E-state index is 0.920. The lowest BCUT2D eigenvalue weighted by molar-refractivity contribution is 0.621. The molecule has 3 heteroatoms. The van der Waals surface area contributed by atoms with Gasteiger partial charge in [0.15, 0.2) is 0 Å². The summed E-state index contributed by atoms with van der Waals surface area (Å²) in [4.78, 5) is 1.90. The molecule has 0 aliphatic rings. The van der Waals surface area contributed by atoms with E-state index < -0.39 is 0 Å². The summed E-state index contributed by atoms with van der Waals surface area (Å²) in [6.07, 6.45) is 0. The molecule has 2 nitrogen and oxygen atoms in total. The van der Waals surface area contributed by atoms with Crippen molar-refractivity contribution in [2.75, 3.05) is 14.1 Å². The van der Waals surface area contributed by atoms with E-state index in [1.807, 2.05) is 25.9 Å². The predicted molar refractivity (Wildman–Crippen MR) is 35.8 cm³/mol. The first-order valence-electron chi connectivity index (χ1n) is 2.04. The summed E-state index contributed by atoms with van der Waals surface area (Å²) >= 11 is 3.70. The van der Waals surface area contributed by atoms with E-state index in [9.17, 15) is 0 Å². The van der Waals surface area contributed by atoms with Crippen molar-refractivity contribution in [1.82, 2.24) is 4.90 Å². The number of thiol groups is 1. The molecule has 0 radical (unpaired) electrons. The first kappa shape index (κ1) is 6.82. The fourth-order valence-corrected chi connectivity index (χ4v) is 0.268. The molecule has 0 aliphatic heterocycles. The molecule has 0 saturated heterocycles. The van der Waals surface area contributed by atoms with Crippen LogP contribution in [0.15, 0.2) is 4.40 Å². The highest BCUT2D eigenvalue weighted by molar-refractivity contribution is 7.79. The molecule has 42 valence electrons. The van der Waals surface area contributed by atoms with Gasteiger partial charge < -0.3 is 4.90 Å². The number of amidine groups is 1. The third-order valence-electron chi connectivity index (χ3n) is 0.792. The number of hydrogen-bond acceptors (Lipinski definition) is 2. The predicted octanol–water partition coefficient (Wildman–Crippen LogP) is 0.811. The molecule has 0 aromatic carbocycles. The van der Waals surface area contributed by atoms with E-state index in [2.05, 4.69) is 17.2 Å². The highest BCUT2D eigenvalue weighted by atomic mass is 32.1. The van der Waals surface area contributed by atoms with Crippen molar-refractivity contribution in [3.63, 3.8) is 0 Å². The average Bonchev–Trinajstić information content (AvgIpc) is 1.65. The van der Waals surface area contributed by atoms with Crippen LogP contribution in [0.4, 0.5) is 0 Å². The molecular weight excluding hydrogens is 108 g/mol. The normalized spacial score (nSPS) is 11.7. The molecule has 0 aromatic heterocycles. The maximum absolute atomic E-state index is 3.70. The third-order valence-corrected chi connectivity index (χ3v) is 1.08. The van der Waals surface area contributed by atoms with Gasteiger partial charge in [-0.3, -0.25) is 0 Å². The zero-order valence-electron chi connectivity index (χ0n) is 4.84. The fraction of sp³-hybridized carbons (Fsp3) is 0.750. The molecule has 0 spiro atoms. The average molecular weight is 118 g/mol. The van der Waals surface area contributed by atoms with E-state index in [1.165, 1.54) is 0 Å². The Morgan fingerprint density at radius 3 is 2.00 bits per heavy atom. The smallest absolute Gasteiger partial charge is 0.109 e. The molecule has 0 atom stereocenters. The van der Waals surface area contributed by atoms with Gasteiger partial charge >= 0.3 is 0 Å². The maximum atomic E-state index is 3.70. The first-order chi connectivity index (χ1) is 3.18. The molecule has 0 unspecified atom stereocenters. The molecule has 0 bridgehead atoms. The van der Waals surface area contributed by atoms with Crippen LogP contribution in [0.25, 0.3) is 0 Å². The number of rotatable bonds is 0. The van der Waals surface area contributed by atoms with Gasteiger partial charge in [-0.25, -0.2) is 4.40 Å². The Morgan fingerprint density at radius 1 is 1.57 bits per heavy atom. The minimum Gasteiger partial charge on any atom is -0.366 e. The Kier molecular flexibility index (Phi) is 2.83. The third kappa shape index (κ3) is 2.51. The van der Waals surface area contributed by atoms with Crippen molar-refractivity contribution < 1.29 is 0 Å². The quantitative estimate of drug-likeness (QED) is 0.283. The van der Waals surface area contributed by atoms with E-state index in [1.54, 1.807) is 0 Å². The van der Waals surface area contributed by atoms with Gasteiger partial charge in [0.2, 0.25) is 0 Å². The van der Waals surface area contributed by atoms with Gasteiger partial charge in [-0.2, -0.15) is 0 Å². The van der Waals surface area contributed by atoms with E-state index >= 15 is 0 Å². The van der Waals surface area contributed by atoms with Crippen molar-refractivity contribution in [3.8, 4) is 0 Å². The van der Waals surface area contributed by atoms with Gasteiger partial charge in [0, 0.05) is 14.1 Å². The molecule has 0 heterocycles. The molecule has 0 fully saturated rings. The fourth-order valence-electron chi connectivity index (χ4n) is 0.0894. The molecule has 0 amide bonds. The van der Waals surface area contributed by atoms with Gasteiger partial charge in [0.1, 0.15) is 5.84 Å². The molecule has 0 aliphatic carbocycles. The summed E-state index contributed by atoms with van der Waals surface area (Å²) in [7, 11) is 3.85. The standard InChI is InChI=1S/C4H10N2S/c1-4(5-7)6(2)3/h7H,1-3H3. The second kappa shape index (κ2) is 2.91. The van der Waals surface area contributed by atoms with Crippen molar-refractivity contribution in [3.05, 3.63) is 0 Å². The highest BCUT2D eigenvalue weighted by Gasteiger charge is 1.86. The number of hydrogen-bond donors (Lipinski definition) is 1. The lowest BCUT2D eigenvalue weighted by atomic mass is 10.6. The van der Waals surface area contributed by atoms with E-state index in [4.69, 9.17) is 0 Å². The lowest BCUT2D eigenvalue weighted by Crippen LogP contribution is -2.17. The van der Waals surface area contributed by atoms with Gasteiger partial charge in [0.05, 0.1) is 0 Å². The van der Waals surface area contributed by atoms with Crippen LogP contribution in [-0.2, 0) is 0 Å². The van der Waals surface area contributed by atoms with Crippen molar-refractivity contribution in [1.29, 1.82) is 0 Å². The Hall–Kier alpha value is -0.180. The van der Waals surface area contributed by atoms with Crippen molar-refractivity contribution in [2.45, 2.75) is 6.92 Å². The lowest BCUT2D eigenvalue weighted by Gasteiger charge is -2.07. The zero-order valence-corrected chi connectivity index (χ0v) is 5.74. The largest absolute Gasteiger partial charge is 0.366 e. The van der Waals surface area contributed by atoms with E-state index in [-0.39, 0.29) is 0 Å². The molecular formula is C4H10N2S. The van der Waals surface area contributed by atoms with Crippen LogP contribution in [0.2, 0.25) is 0 Å². The summed E-state index contributed by atoms with van der Waals surface area (Å²) in [5, 5.41) is 0. The summed E-state index contributed by atoms with van der Waals surface area (Å²) in [6, 6.07) is 0. The van der Waals surface area contributed by atoms with Gasteiger partial charge in [0.25, 0.3) is 0 Å². The van der Waals surface area contributed by atoms with E-state index in [0.717, 1.165) is 5.84 Å². The molecule has 0 aromatic rings. The molecule has 0 saturated carbocycles. The summed E-state index contributed by atoms with van der Waals surface area (Å²) in [5.74, 6) is 0.920. The van der Waals surface area contributed by atoms with Gasteiger partial charge in [-0.05, 0) is 19.7 Å². The Labute approximate surface area is 49.8 Å². The van der Waals surface area contributed by atoms with Crippen LogP contribution >= 0.6 is 12.8 Å².